The number of carboxylic acids is 1. The van der Waals surface area contributed by atoms with Gasteiger partial charge in [0, 0.05) is 31.3 Å². The third kappa shape index (κ3) is 7.09. The molecule has 1 aromatic heterocycles. The number of anilines is 1. The maximum atomic E-state index is 12.9. The summed E-state index contributed by atoms with van der Waals surface area (Å²) in [6.07, 6.45) is -8.59. The molecule has 1 fully saturated rings. The van der Waals surface area contributed by atoms with Crippen LogP contribution in [0.1, 0.15) is 17.8 Å². The largest absolute Gasteiger partial charge is 0.490 e. The molecule has 0 atom stereocenters. The highest BCUT2D eigenvalue weighted by Crippen LogP contribution is 2.32. The molecule has 13 heteroatoms. The maximum absolute atomic E-state index is 12.9. The van der Waals surface area contributed by atoms with Gasteiger partial charge in [-0.2, -0.15) is 31.6 Å². The number of aliphatic carboxylic acids is 1. The Morgan fingerprint density at radius 3 is 2.38 bits per heavy atom. The molecule has 2 N–H and O–H groups in total. The SMILES string of the molecule is N#Cc1nc(-c2cccc(C(F)(F)F)c2)cc(N2CCCNCC2)n1.O=C(O)C(F)(F)F. The highest BCUT2D eigenvalue weighted by molar-refractivity contribution is 5.73. The number of carboxylic acid groups (broad SMARTS) is 1. The highest BCUT2D eigenvalue weighted by atomic mass is 19.4. The predicted octanol–water partition coefficient (Wildman–Crippen LogP) is 3.47. The van der Waals surface area contributed by atoms with Crippen LogP contribution in [0.25, 0.3) is 11.3 Å². The standard InChI is InChI=1S/C17H16F3N5.C2HF3O2/c18-17(19,20)13-4-1-3-12(9-13)14-10-16(24-15(11-21)23-14)25-7-2-5-22-6-8-25;3-2(4,5)1(6)7/h1,3-4,9-10,22H,2,5-8H2;(H,6,7). The lowest BCUT2D eigenvalue weighted by atomic mass is 10.1. The Morgan fingerprint density at radius 1 is 1.09 bits per heavy atom. The summed E-state index contributed by atoms with van der Waals surface area (Å²) in [5, 5.41) is 19.6. The minimum atomic E-state index is -5.08. The average molecular weight is 461 g/mol. The Kier molecular flexibility index (Phi) is 7.98. The smallest absolute Gasteiger partial charge is 0.475 e. The number of nitrogens with zero attached hydrogens (tertiary/aromatic N) is 4. The first-order valence-corrected chi connectivity index (χ1v) is 9.14. The lowest BCUT2D eigenvalue weighted by Gasteiger charge is -2.21. The van der Waals surface area contributed by atoms with Crippen LogP contribution in [-0.4, -0.2) is 53.4 Å². The Balaban J connectivity index is 0.000000451. The molecule has 1 aliphatic rings. The van der Waals surface area contributed by atoms with E-state index in [9.17, 15) is 31.6 Å². The Hall–Kier alpha value is -3.40. The van der Waals surface area contributed by atoms with Crippen molar-refractivity contribution in [3.8, 4) is 17.3 Å². The molecule has 32 heavy (non-hydrogen) atoms. The van der Waals surface area contributed by atoms with E-state index in [1.165, 1.54) is 6.07 Å². The van der Waals surface area contributed by atoms with Crippen LogP contribution in [0.15, 0.2) is 30.3 Å². The van der Waals surface area contributed by atoms with Gasteiger partial charge in [0.05, 0.1) is 11.3 Å². The zero-order chi connectivity index (χ0) is 23.9. The topological polar surface area (TPSA) is 102 Å². The molecule has 3 rings (SSSR count). The van der Waals surface area contributed by atoms with Crippen LogP contribution >= 0.6 is 0 Å². The second-order valence-corrected chi connectivity index (χ2v) is 6.52. The third-order valence-corrected chi connectivity index (χ3v) is 4.20. The van der Waals surface area contributed by atoms with Crippen LogP contribution in [0.3, 0.4) is 0 Å². The summed E-state index contributed by atoms with van der Waals surface area (Å²) in [4.78, 5) is 19.2. The van der Waals surface area contributed by atoms with Gasteiger partial charge in [0.15, 0.2) is 0 Å². The number of alkyl halides is 6. The summed E-state index contributed by atoms with van der Waals surface area (Å²) in [5.41, 5.74) is -0.129. The van der Waals surface area contributed by atoms with Gasteiger partial charge in [-0.3, -0.25) is 0 Å². The van der Waals surface area contributed by atoms with Gasteiger partial charge < -0.3 is 15.3 Å². The first kappa shape index (κ1) is 24.9. The van der Waals surface area contributed by atoms with E-state index in [0.717, 1.165) is 38.2 Å². The van der Waals surface area contributed by atoms with Crippen LogP contribution in [0.4, 0.5) is 32.2 Å². The molecule has 0 saturated carbocycles. The van der Waals surface area contributed by atoms with Crippen LogP contribution in [0.5, 0.6) is 0 Å². The Morgan fingerprint density at radius 2 is 1.78 bits per heavy atom. The molecule has 1 aliphatic heterocycles. The molecule has 0 bridgehead atoms. The van der Waals surface area contributed by atoms with Gasteiger partial charge in [0.2, 0.25) is 5.82 Å². The average Bonchev–Trinajstić information content (AvgIpc) is 3.02. The van der Waals surface area contributed by atoms with Gasteiger partial charge in [-0.05, 0) is 25.1 Å². The van der Waals surface area contributed by atoms with E-state index < -0.39 is 23.9 Å². The summed E-state index contributed by atoms with van der Waals surface area (Å²) >= 11 is 0. The van der Waals surface area contributed by atoms with Crippen molar-refractivity contribution in [1.29, 1.82) is 5.26 Å². The summed E-state index contributed by atoms with van der Waals surface area (Å²) in [6, 6.07) is 8.46. The van der Waals surface area contributed by atoms with Crippen molar-refractivity contribution < 1.29 is 36.2 Å². The van der Waals surface area contributed by atoms with E-state index >= 15 is 0 Å². The third-order valence-electron chi connectivity index (χ3n) is 4.20. The van der Waals surface area contributed by atoms with Gasteiger partial charge in [0.25, 0.3) is 0 Å². The maximum Gasteiger partial charge on any atom is 0.490 e. The number of aromatic nitrogens is 2. The summed E-state index contributed by atoms with van der Waals surface area (Å²) in [6.45, 7) is 3.15. The zero-order valence-corrected chi connectivity index (χ0v) is 16.3. The van der Waals surface area contributed by atoms with E-state index in [2.05, 4.69) is 15.3 Å². The lowest BCUT2D eigenvalue weighted by Crippen LogP contribution is -2.28. The monoisotopic (exact) mass is 461 g/mol. The second-order valence-electron chi connectivity index (χ2n) is 6.52. The number of hydrogen-bond acceptors (Lipinski definition) is 6. The van der Waals surface area contributed by atoms with Crippen molar-refractivity contribution >= 4 is 11.8 Å². The number of benzene rings is 1. The minimum Gasteiger partial charge on any atom is -0.475 e. The number of nitrogens with one attached hydrogen (secondary N) is 1. The van der Waals surface area contributed by atoms with Gasteiger partial charge in [-0.1, -0.05) is 12.1 Å². The molecule has 0 spiro atoms. The van der Waals surface area contributed by atoms with Crippen molar-refractivity contribution in [2.24, 2.45) is 0 Å². The zero-order valence-electron chi connectivity index (χ0n) is 16.3. The fourth-order valence-electron chi connectivity index (χ4n) is 2.72. The van der Waals surface area contributed by atoms with Gasteiger partial charge in [-0.25, -0.2) is 14.8 Å². The lowest BCUT2D eigenvalue weighted by molar-refractivity contribution is -0.192. The van der Waals surface area contributed by atoms with Crippen LogP contribution in [-0.2, 0) is 11.0 Å². The number of halogens is 6. The Bertz CT molecular complexity index is 979. The fourth-order valence-corrected chi connectivity index (χ4v) is 2.72. The quantitative estimate of drug-likeness (QED) is 0.661. The molecule has 0 aliphatic carbocycles. The molecule has 1 saturated heterocycles. The summed E-state index contributed by atoms with van der Waals surface area (Å²) < 4.78 is 70.6. The van der Waals surface area contributed by atoms with Gasteiger partial charge >= 0.3 is 18.3 Å². The van der Waals surface area contributed by atoms with Gasteiger partial charge in [-0.15, -0.1) is 0 Å². The fraction of sp³-hybridized carbons (Fsp3) is 0.368. The van der Waals surface area contributed by atoms with Crippen LogP contribution in [0, 0.1) is 11.3 Å². The highest BCUT2D eigenvalue weighted by Gasteiger charge is 2.38. The number of rotatable bonds is 2. The second kappa shape index (κ2) is 10.3. The first-order chi connectivity index (χ1) is 14.9. The number of hydrogen-bond donors (Lipinski definition) is 2. The molecular weight excluding hydrogens is 444 g/mol. The number of carbonyl (C=O) groups is 1. The summed E-state index contributed by atoms with van der Waals surface area (Å²) in [7, 11) is 0. The molecule has 2 heterocycles. The van der Waals surface area contributed by atoms with E-state index in [1.807, 2.05) is 11.0 Å². The molecule has 1 aromatic carbocycles. The van der Waals surface area contributed by atoms with Crippen molar-refractivity contribution in [1.82, 2.24) is 15.3 Å². The van der Waals surface area contributed by atoms with E-state index in [4.69, 9.17) is 9.90 Å². The van der Waals surface area contributed by atoms with Crippen LogP contribution in [0.2, 0.25) is 0 Å². The van der Waals surface area contributed by atoms with Crippen molar-refractivity contribution in [2.75, 3.05) is 31.1 Å². The molecule has 2 aromatic rings. The molecule has 0 unspecified atom stereocenters. The normalized spacial score (nSPS) is 14.6. The summed E-state index contributed by atoms with van der Waals surface area (Å²) in [5.74, 6) is -2.25. The van der Waals surface area contributed by atoms with Crippen molar-refractivity contribution in [3.05, 3.63) is 41.7 Å². The van der Waals surface area contributed by atoms with Crippen molar-refractivity contribution in [2.45, 2.75) is 18.8 Å². The van der Waals surface area contributed by atoms with Gasteiger partial charge in [0.1, 0.15) is 11.9 Å². The Labute approximate surface area is 178 Å². The first-order valence-electron chi connectivity index (χ1n) is 9.14. The van der Waals surface area contributed by atoms with Crippen molar-refractivity contribution in [3.63, 3.8) is 0 Å². The number of nitriles is 1. The molecule has 172 valence electrons. The van der Waals surface area contributed by atoms with E-state index in [1.54, 1.807) is 12.1 Å². The van der Waals surface area contributed by atoms with E-state index in [-0.39, 0.29) is 5.82 Å². The molecule has 0 radical (unpaired) electrons. The molecule has 7 nitrogen and oxygen atoms in total. The van der Waals surface area contributed by atoms with E-state index in [0.29, 0.717) is 23.6 Å². The van der Waals surface area contributed by atoms with Crippen LogP contribution < -0.4 is 10.2 Å². The molecular formula is C19H17F6N5O2. The molecule has 0 amide bonds. The predicted molar refractivity (Wildman–Crippen MR) is 101 cm³/mol. The minimum absolute atomic E-state index is 0.0536.